The lowest BCUT2D eigenvalue weighted by Gasteiger charge is -2.15. The lowest BCUT2D eigenvalue weighted by atomic mass is 10.1. The van der Waals surface area contributed by atoms with Gasteiger partial charge in [0.25, 0.3) is 0 Å². The third-order valence-corrected chi connectivity index (χ3v) is 3.71. The molecule has 122 valence electrons. The van der Waals surface area contributed by atoms with Crippen LogP contribution >= 0.6 is 11.6 Å². The van der Waals surface area contributed by atoms with Gasteiger partial charge in [-0.3, -0.25) is 0 Å². The zero-order valence-corrected chi connectivity index (χ0v) is 13.8. The second-order valence-corrected chi connectivity index (χ2v) is 5.72. The van der Waals surface area contributed by atoms with E-state index in [9.17, 15) is 9.90 Å². The molecule has 0 radical (unpaired) electrons. The van der Waals surface area contributed by atoms with Crippen LogP contribution in [0.3, 0.4) is 0 Å². The molecule has 0 aliphatic heterocycles. The Hall–Kier alpha value is -2.24. The van der Waals surface area contributed by atoms with E-state index in [1.807, 2.05) is 43.3 Å². The van der Waals surface area contributed by atoms with Crippen molar-refractivity contribution in [2.75, 3.05) is 30.9 Å². The maximum absolute atomic E-state index is 11.9. The number of carbonyl (C=O) groups excluding carboxylic acids is 1. The van der Waals surface area contributed by atoms with Gasteiger partial charge in [-0.05, 0) is 30.3 Å². The molecule has 0 saturated carbocycles. The highest BCUT2D eigenvalue weighted by Crippen LogP contribution is 2.22. The molecular weight excluding hydrogens is 314 g/mol. The molecule has 0 heterocycles. The van der Waals surface area contributed by atoms with Crippen molar-refractivity contribution in [2.45, 2.75) is 6.10 Å². The monoisotopic (exact) mass is 333 g/mol. The maximum Gasteiger partial charge on any atom is 0.319 e. The number of halogens is 1. The van der Waals surface area contributed by atoms with E-state index >= 15 is 0 Å². The molecule has 2 aromatic carbocycles. The Morgan fingerprint density at radius 3 is 2.43 bits per heavy atom. The van der Waals surface area contributed by atoms with Crippen molar-refractivity contribution in [2.24, 2.45) is 0 Å². The van der Waals surface area contributed by atoms with Crippen LogP contribution in [0.2, 0.25) is 5.02 Å². The van der Waals surface area contributed by atoms with Gasteiger partial charge in [0.2, 0.25) is 0 Å². The average molecular weight is 334 g/mol. The van der Waals surface area contributed by atoms with E-state index < -0.39 is 6.10 Å². The van der Waals surface area contributed by atoms with E-state index in [1.54, 1.807) is 24.3 Å². The van der Waals surface area contributed by atoms with Gasteiger partial charge in [-0.2, -0.15) is 0 Å². The number of nitrogens with one attached hydrogen (secondary N) is 2. The predicted molar refractivity (Wildman–Crippen MR) is 94.2 cm³/mol. The SMILES string of the molecule is CN(C)c1ccc(NC(=O)NCC(O)c2ccccc2Cl)cc1. The van der Waals surface area contributed by atoms with Gasteiger partial charge in [-0.25, -0.2) is 4.79 Å². The Morgan fingerprint density at radius 2 is 1.83 bits per heavy atom. The van der Waals surface area contributed by atoms with Gasteiger partial charge >= 0.3 is 6.03 Å². The van der Waals surface area contributed by atoms with Crippen molar-refractivity contribution in [1.82, 2.24) is 5.32 Å². The van der Waals surface area contributed by atoms with Crippen molar-refractivity contribution in [1.29, 1.82) is 0 Å². The van der Waals surface area contributed by atoms with Crippen molar-refractivity contribution in [3.8, 4) is 0 Å². The number of nitrogens with zero attached hydrogens (tertiary/aromatic N) is 1. The molecule has 0 bridgehead atoms. The van der Waals surface area contributed by atoms with Gasteiger partial charge in [-0.15, -0.1) is 0 Å². The summed E-state index contributed by atoms with van der Waals surface area (Å²) in [4.78, 5) is 13.9. The van der Waals surface area contributed by atoms with Gasteiger partial charge < -0.3 is 20.6 Å². The minimum Gasteiger partial charge on any atom is -0.387 e. The van der Waals surface area contributed by atoms with Gasteiger partial charge in [0, 0.05) is 42.6 Å². The number of hydrogen-bond acceptors (Lipinski definition) is 3. The summed E-state index contributed by atoms with van der Waals surface area (Å²) in [6, 6.07) is 14.1. The summed E-state index contributed by atoms with van der Waals surface area (Å²) in [5, 5.41) is 15.9. The van der Waals surface area contributed by atoms with Crippen LogP contribution in [0.1, 0.15) is 11.7 Å². The first-order chi connectivity index (χ1) is 11.0. The molecular formula is C17H20ClN3O2. The molecule has 0 aliphatic carbocycles. The first-order valence-electron chi connectivity index (χ1n) is 7.22. The Morgan fingerprint density at radius 1 is 1.17 bits per heavy atom. The van der Waals surface area contributed by atoms with Crippen LogP contribution in [0.4, 0.5) is 16.2 Å². The fourth-order valence-corrected chi connectivity index (χ4v) is 2.32. The van der Waals surface area contributed by atoms with Crippen molar-refractivity contribution < 1.29 is 9.90 Å². The molecule has 0 fully saturated rings. The molecule has 1 atom stereocenters. The van der Waals surface area contributed by atoms with Gasteiger partial charge in [0.05, 0.1) is 6.10 Å². The predicted octanol–water partition coefficient (Wildman–Crippen LogP) is 3.26. The summed E-state index contributed by atoms with van der Waals surface area (Å²) in [6.07, 6.45) is -0.856. The van der Waals surface area contributed by atoms with E-state index in [0.717, 1.165) is 5.69 Å². The van der Waals surface area contributed by atoms with E-state index in [0.29, 0.717) is 16.3 Å². The second kappa shape index (κ2) is 7.85. The molecule has 0 aromatic heterocycles. The van der Waals surface area contributed by atoms with Crippen LogP contribution in [-0.4, -0.2) is 31.8 Å². The van der Waals surface area contributed by atoms with Crippen molar-refractivity contribution in [3.63, 3.8) is 0 Å². The number of benzene rings is 2. The number of rotatable bonds is 5. The van der Waals surface area contributed by atoms with Crippen LogP contribution in [0.15, 0.2) is 48.5 Å². The van der Waals surface area contributed by atoms with Gasteiger partial charge in [-0.1, -0.05) is 29.8 Å². The van der Waals surface area contributed by atoms with Crippen LogP contribution in [0, 0.1) is 0 Å². The topological polar surface area (TPSA) is 64.6 Å². The average Bonchev–Trinajstić information content (AvgIpc) is 2.53. The summed E-state index contributed by atoms with van der Waals surface area (Å²) in [7, 11) is 3.90. The Kier molecular flexibility index (Phi) is 5.84. The number of aliphatic hydroxyl groups is 1. The molecule has 2 amide bonds. The minimum absolute atomic E-state index is 0.0748. The van der Waals surface area contributed by atoms with E-state index in [-0.39, 0.29) is 12.6 Å². The molecule has 0 saturated heterocycles. The van der Waals surface area contributed by atoms with Crippen LogP contribution in [0.25, 0.3) is 0 Å². The zero-order valence-electron chi connectivity index (χ0n) is 13.1. The smallest absolute Gasteiger partial charge is 0.319 e. The number of urea groups is 1. The Labute approximate surface area is 140 Å². The maximum atomic E-state index is 11.9. The molecule has 1 unspecified atom stereocenters. The second-order valence-electron chi connectivity index (χ2n) is 5.31. The lowest BCUT2D eigenvalue weighted by Crippen LogP contribution is -2.32. The van der Waals surface area contributed by atoms with E-state index in [4.69, 9.17) is 11.6 Å². The zero-order chi connectivity index (χ0) is 16.8. The summed E-state index contributed by atoms with van der Waals surface area (Å²) in [5.74, 6) is 0. The third-order valence-electron chi connectivity index (χ3n) is 3.36. The van der Waals surface area contributed by atoms with Gasteiger partial charge in [0.1, 0.15) is 0 Å². The number of carbonyl (C=O) groups is 1. The lowest BCUT2D eigenvalue weighted by molar-refractivity contribution is 0.175. The first kappa shape index (κ1) is 17.1. The summed E-state index contributed by atoms with van der Waals surface area (Å²) >= 11 is 6.01. The summed E-state index contributed by atoms with van der Waals surface area (Å²) in [6.45, 7) is 0.0748. The van der Waals surface area contributed by atoms with Gasteiger partial charge in [0.15, 0.2) is 0 Å². The number of aliphatic hydroxyl groups excluding tert-OH is 1. The molecule has 23 heavy (non-hydrogen) atoms. The molecule has 2 rings (SSSR count). The number of anilines is 2. The Balaban J connectivity index is 1.86. The van der Waals surface area contributed by atoms with Crippen LogP contribution in [-0.2, 0) is 0 Å². The highest BCUT2D eigenvalue weighted by Gasteiger charge is 2.12. The molecule has 6 heteroatoms. The molecule has 5 nitrogen and oxygen atoms in total. The quantitative estimate of drug-likeness (QED) is 0.787. The van der Waals surface area contributed by atoms with Crippen molar-refractivity contribution >= 4 is 29.0 Å². The molecule has 2 aromatic rings. The molecule has 3 N–H and O–H groups in total. The van der Waals surface area contributed by atoms with Crippen LogP contribution in [0.5, 0.6) is 0 Å². The van der Waals surface area contributed by atoms with E-state index in [1.165, 1.54) is 0 Å². The van der Waals surface area contributed by atoms with Crippen LogP contribution < -0.4 is 15.5 Å². The normalized spacial score (nSPS) is 11.7. The number of hydrogen-bond donors (Lipinski definition) is 3. The van der Waals surface area contributed by atoms with Crippen molar-refractivity contribution in [3.05, 3.63) is 59.1 Å². The fourth-order valence-electron chi connectivity index (χ4n) is 2.06. The third kappa shape index (κ3) is 4.87. The van der Waals surface area contributed by atoms with E-state index in [2.05, 4.69) is 10.6 Å². The summed E-state index contributed by atoms with van der Waals surface area (Å²) < 4.78 is 0. The number of amides is 2. The highest BCUT2D eigenvalue weighted by molar-refractivity contribution is 6.31. The first-order valence-corrected chi connectivity index (χ1v) is 7.60. The molecule has 0 spiro atoms. The largest absolute Gasteiger partial charge is 0.387 e. The standard InChI is InChI=1S/C17H20ClN3O2/c1-21(2)13-9-7-12(8-10-13)20-17(23)19-11-16(22)14-5-3-4-6-15(14)18/h3-10,16,22H,11H2,1-2H3,(H2,19,20,23). The Bertz CT molecular complexity index is 659. The highest BCUT2D eigenvalue weighted by atomic mass is 35.5. The minimum atomic E-state index is -0.856. The fraction of sp³-hybridized carbons (Fsp3) is 0.235. The summed E-state index contributed by atoms with van der Waals surface area (Å²) in [5.41, 5.74) is 2.32. The molecule has 0 aliphatic rings.